The number of nitro benzene ring substituents is 1. The van der Waals surface area contributed by atoms with Crippen LogP contribution in [0, 0.1) is 10.1 Å². The van der Waals surface area contributed by atoms with Crippen LogP contribution < -0.4 is 10.6 Å². The number of nitro groups is 1. The molecule has 0 bridgehead atoms. The molecule has 0 radical (unpaired) electrons. The lowest BCUT2D eigenvalue weighted by Gasteiger charge is -2.35. The highest BCUT2D eigenvalue weighted by Crippen LogP contribution is 2.24. The third kappa shape index (κ3) is 5.68. The van der Waals surface area contributed by atoms with Crippen molar-refractivity contribution in [3.8, 4) is 0 Å². The second-order valence-electron chi connectivity index (χ2n) is 5.75. The van der Waals surface area contributed by atoms with E-state index in [2.05, 4.69) is 10.6 Å². The van der Waals surface area contributed by atoms with Crippen LogP contribution in [0.5, 0.6) is 0 Å². The van der Waals surface area contributed by atoms with Crippen molar-refractivity contribution in [2.75, 3.05) is 32.7 Å². The molecule has 0 aliphatic carbocycles. The van der Waals surface area contributed by atoms with E-state index in [-0.39, 0.29) is 25.2 Å². The van der Waals surface area contributed by atoms with Gasteiger partial charge in [0.25, 0.3) is 5.69 Å². The van der Waals surface area contributed by atoms with Gasteiger partial charge in [0.05, 0.1) is 11.3 Å². The standard InChI is InChI=1S/C15H19F3N4O3/c16-15(17,18)13(21-6-4-19-5-7-21)10-20-14(23)9-11-2-1-3-12(8-11)22(24)25/h1-3,8,13,19H,4-7,9-10H2,(H,20,23). The third-order valence-corrected chi connectivity index (χ3v) is 3.95. The van der Waals surface area contributed by atoms with Crippen LogP contribution in [0.3, 0.4) is 0 Å². The maximum Gasteiger partial charge on any atom is 0.405 e. The number of carbonyl (C=O) groups excluding carboxylic acids is 1. The van der Waals surface area contributed by atoms with Gasteiger partial charge in [0.1, 0.15) is 6.04 Å². The number of nitrogens with zero attached hydrogens (tertiary/aromatic N) is 2. The summed E-state index contributed by atoms with van der Waals surface area (Å²) in [5.41, 5.74) is 0.205. The van der Waals surface area contributed by atoms with Crippen LogP contribution in [0.15, 0.2) is 24.3 Å². The Kier molecular flexibility index (Phi) is 6.32. The van der Waals surface area contributed by atoms with Crippen LogP contribution in [-0.4, -0.2) is 60.7 Å². The summed E-state index contributed by atoms with van der Waals surface area (Å²) in [6, 6.07) is 3.72. The summed E-state index contributed by atoms with van der Waals surface area (Å²) in [5.74, 6) is -0.607. The van der Waals surface area contributed by atoms with Gasteiger partial charge in [-0.25, -0.2) is 0 Å². The fraction of sp³-hybridized carbons (Fsp3) is 0.533. The number of nitrogens with one attached hydrogen (secondary N) is 2. The minimum Gasteiger partial charge on any atom is -0.354 e. The lowest BCUT2D eigenvalue weighted by atomic mass is 10.1. The van der Waals surface area contributed by atoms with E-state index in [4.69, 9.17) is 0 Å². The molecule has 0 saturated carbocycles. The normalized spacial score (nSPS) is 17.1. The van der Waals surface area contributed by atoms with Gasteiger partial charge in [0.2, 0.25) is 5.91 Å². The molecule has 1 unspecified atom stereocenters. The topological polar surface area (TPSA) is 87.5 Å². The molecule has 0 spiro atoms. The Morgan fingerprint density at radius 3 is 2.64 bits per heavy atom. The van der Waals surface area contributed by atoms with Crippen molar-refractivity contribution in [2.45, 2.75) is 18.6 Å². The summed E-state index contributed by atoms with van der Waals surface area (Å²) in [6.45, 7) is 0.898. The van der Waals surface area contributed by atoms with Crippen LogP contribution in [0.2, 0.25) is 0 Å². The molecule has 25 heavy (non-hydrogen) atoms. The molecule has 1 fully saturated rings. The molecular formula is C15H19F3N4O3. The molecule has 1 saturated heterocycles. The van der Waals surface area contributed by atoms with Crippen molar-refractivity contribution < 1.29 is 22.9 Å². The van der Waals surface area contributed by atoms with Gasteiger partial charge in [-0.1, -0.05) is 12.1 Å². The Hall–Kier alpha value is -2.20. The average Bonchev–Trinajstić information content (AvgIpc) is 2.55. The number of hydrogen-bond donors (Lipinski definition) is 2. The fourth-order valence-electron chi connectivity index (χ4n) is 2.68. The molecule has 1 aliphatic rings. The number of benzene rings is 1. The molecule has 1 atom stereocenters. The van der Waals surface area contributed by atoms with Crippen molar-refractivity contribution in [1.82, 2.24) is 15.5 Å². The summed E-state index contributed by atoms with van der Waals surface area (Å²) in [4.78, 5) is 23.3. The number of amides is 1. The lowest BCUT2D eigenvalue weighted by molar-refractivity contribution is -0.384. The van der Waals surface area contributed by atoms with E-state index in [9.17, 15) is 28.1 Å². The molecule has 2 N–H and O–H groups in total. The van der Waals surface area contributed by atoms with E-state index in [0.717, 1.165) is 0 Å². The summed E-state index contributed by atoms with van der Waals surface area (Å²) < 4.78 is 39.7. The van der Waals surface area contributed by atoms with Crippen molar-refractivity contribution in [3.05, 3.63) is 39.9 Å². The highest BCUT2D eigenvalue weighted by molar-refractivity contribution is 5.78. The summed E-state index contributed by atoms with van der Waals surface area (Å²) >= 11 is 0. The van der Waals surface area contributed by atoms with Crippen molar-refractivity contribution in [1.29, 1.82) is 0 Å². The molecule has 2 rings (SSSR count). The first-order valence-electron chi connectivity index (χ1n) is 7.79. The molecule has 10 heteroatoms. The average molecular weight is 360 g/mol. The summed E-state index contributed by atoms with van der Waals surface area (Å²) in [5, 5.41) is 16.0. The van der Waals surface area contributed by atoms with Gasteiger partial charge >= 0.3 is 6.18 Å². The Bertz CT molecular complexity index is 618. The Morgan fingerprint density at radius 1 is 1.36 bits per heavy atom. The molecule has 1 amide bonds. The van der Waals surface area contributed by atoms with Gasteiger partial charge < -0.3 is 10.6 Å². The first kappa shape index (κ1) is 19.1. The molecule has 1 aromatic rings. The first-order valence-corrected chi connectivity index (χ1v) is 7.79. The molecule has 138 valence electrons. The van der Waals surface area contributed by atoms with Crippen LogP contribution in [0.25, 0.3) is 0 Å². The number of halogens is 3. The zero-order valence-electron chi connectivity index (χ0n) is 13.4. The zero-order valence-corrected chi connectivity index (χ0v) is 13.4. The number of alkyl halides is 3. The van der Waals surface area contributed by atoms with Crippen molar-refractivity contribution >= 4 is 11.6 Å². The van der Waals surface area contributed by atoms with Gasteiger partial charge in [0, 0.05) is 44.9 Å². The van der Waals surface area contributed by atoms with Gasteiger partial charge in [-0.15, -0.1) is 0 Å². The number of rotatable bonds is 6. The maximum atomic E-state index is 13.2. The smallest absolute Gasteiger partial charge is 0.354 e. The molecule has 1 aliphatic heterocycles. The molecule has 1 heterocycles. The molecule has 7 nitrogen and oxygen atoms in total. The largest absolute Gasteiger partial charge is 0.405 e. The first-order chi connectivity index (χ1) is 11.8. The van der Waals surface area contributed by atoms with Gasteiger partial charge in [0.15, 0.2) is 0 Å². The Morgan fingerprint density at radius 2 is 2.04 bits per heavy atom. The molecule has 1 aromatic carbocycles. The van der Waals surface area contributed by atoms with E-state index in [1.165, 1.54) is 29.2 Å². The summed E-state index contributed by atoms with van der Waals surface area (Å²) in [7, 11) is 0. The molecule has 0 aromatic heterocycles. The Balaban J connectivity index is 1.94. The van der Waals surface area contributed by atoms with Crippen molar-refractivity contribution in [2.24, 2.45) is 0 Å². The number of hydrogen-bond acceptors (Lipinski definition) is 5. The van der Waals surface area contributed by atoms with Gasteiger partial charge in [-0.3, -0.25) is 19.8 Å². The monoisotopic (exact) mass is 360 g/mol. The van der Waals surface area contributed by atoms with Gasteiger partial charge in [-0.2, -0.15) is 13.2 Å². The van der Waals surface area contributed by atoms with E-state index >= 15 is 0 Å². The quantitative estimate of drug-likeness (QED) is 0.586. The van der Waals surface area contributed by atoms with E-state index in [1.807, 2.05) is 0 Å². The predicted molar refractivity (Wildman–Crippen MR) is 84.1 cm³/mol. The Labute approximate surface area is 142 Å². The minimum atomic E-state index is -4.45. The SMILES string of the molecule is O=C(Cc1cccc([N+](=O)[O-])c1)NCC(N1CCNCC1)C(F)(F)F. The van der Waals surface area contributed by atoms with E-state index in [1.54, 1.807) is 0 Å². The molecular weight excluding hydrogens is 341 g/mol. The highest BCUT2D eigenvalue weighted by Gasteiger charge is 2.43. The van der Waals surface area contributed by atoms with Crippen LogP contribution in [-0.2, 0) is 11.2 Å². The second-order valence-corrected chi connectivity index (χ2v) is 5.75. The fourth-order valence-corrected chi connectivity index (χ4v) is 2.68. The third-order valence-electron chi connectivity index (χ3n) is 3.95. The minimum absolute atomic E-state index is 0.167. The number of non-ortho nitro benzene ring substituents is 1. The second kappa shape index (κ2) is 8.26. The van der Waals surface area contributed by atoms with Crippen LogP contribution in [0.4, 0.5) is 18.9 Å². The predicted octanol–water partition coefficient (Wildman–Crippen LogP) is 1.09. The van der Waals surface area contributed by atoms with E-state index < -0.39 is 29.6 Å². The zero-order chi connectivity index (χ0) is 18.4. The number of piperazine rings is 1. The van der Waals surface area contributed by atoms with Crippen LogP contribution in [0.1, 0.15) is 5.56 Å². The van der Waals surface area contributed by atoms with Crippen molar-refractivity contribution in [3.63, 3.8) is 0 Å². The maximum absolute atomic E-state index is 13.2. The van der Waals surface area contributed by atoms with Gasteiger partial charge in [-0.05, 0) is 5.56 Å². The lowest BCUT2D eigenvalue weighted by Crippen LogP contribution is -2.57. The number of carbonyl (C=O) groups is 1. The van der Waals surface area contributed by atoms with Crippen LogP contribution >= 0.6 is 0 Å². The highest BCUT2D eigenvalue weighted by atomic mass is 19.4. The summed E-state index contributed by atoms with van der Waals surface area (Å²) in [6.07, 6.45) is -4.66. The van der Waals surface area contributed by atoms with E-state index in [0.29, 0.717) is 18.7 Å².